The summed E-state index contributed by atoms with van der Waals surface area (Å²) in [6.45, 7) is 7.87. The molecule has 1 aliphatic rings. The summed E-state index contributed by atoms with van der Waals surface area (Å²) in [5, 5.41) is 0. The van der Waals surface area contributed by atoms with Gasteiger partial charge in [-0.15, -0.1) is 0 Å². The first kappa shape index (κ1) is 12.8. The normalized spacial score (nSPS) is 13.9. The van der Waals surface area contributed by atoms with Crippen molar-refractivity contribution in [1.82, 2.24) is 4.90 Å². The molecule has 2 heteroatoms. The lowest BCUT2D eigenvalue weighted by molar-refractivity contribution is 0.0740. The number of carbonyl (C=O) groups is 1. The number of rotatable bonds is 2. The largest absolute Gasteiger partial charge is 0.338 e. The van der Waals surface area contributed by atoms with Gasteiger partial charge in [0.05, 0.1) is 0 Å². The maximum absolute atomic E-state index is 11.9. The van der Waals surface area contributed by atoms with E-state index in [0.717, 1.165) is 31.5 Å². The fraction of sp³-hybridized carbons (Fsp3) is 0.500. The quantitative estimate of drug-likeness (QED) is 0.748. The van der Waals surface area contributed by atoms with Crippen LogP contribution in [0.5, 0.6) is 0 Å². The zero-order valence-electron chi connectivity index (χ0n) is 10.5. The number of nitrogens with zero attached hydrogens (tertiary/aromatic N) is 1. The molecule has 0 N–H and O–H groups in total. The van der Waals surface area contributed by atoms with Crippen LogP contribution in [0.25, 0.3) is 0 Å². The van der Waals surface area contributed by atoms with Crippen molar-refractivity contribution >= 4 is 5.91 Å². The van der Waals surface area contributed by atoms with Gasteiger partial charge in [-0.1, -0.05) is 39.0 Å². The number of amides is 1. The summed E-state index contributed by atoms with van der Waals surface area (Å²) < 4.78 is 0. The molecule has 0 bridgehead atoms. The van der Waals surface area contributed by atoms with E-state index in [-0.39, 0.29) is 5.91 Å². The van der Waals surface area contributed by atoms with Gasteiger partial charge in [0, 0.05) is 18.7 Å². The molecule has 2 nitrogen and oxygen atoms in total. The molecule has 0 unspecified atom stereocenters. The van der Waals surface area contributed by atoms with Crippen molar-refractivity contribution in [1.29, 1.82) is 0 Å². The van der Waals surface area contributed by atoms with Gasteiger partial charge in [-0.2, -0.15) is 0 Å². The van der Waals surface area contributed by atoms with Crippen LogP contribution in [0.4, 0.5) is 0 Å². The number of carbonyl (C=O) groups excluding carboxylic acids is 1. The van der Waals surface area contributed by atoms with E-state index in [1.165, 1.54) is 5.56 Å². The molecule has 1 aromatic rings. The Morgan fingerprint density at radius 3 is 2.62 bits per heavy atom. The lowest BCUT2D eigenvalue weighted by Gasteiger charge is -2.28. The van der Waals surface area contributed by atoms with Gasteiger partial charge in [0.25, 0.3) is 5.91 Å². The van der Waals surface area contributed by atoms with Gasteiger partial charge in [0.1, 0.15) is 0 Å². The number of fused-ring (bicyclic) bond motifs is 1. The molecule has 88 valence electrons. The van der Waals surface area contributed by atoms with Crippen LogP contribution >= 0.6 is 0 Å². The lowest BCUT2D eigenvalue weighted by atomic mass is 9.99. The minimum absolute atomic E-state index is 0.203. The third-order valence-electron chi connectivity index (χ3n) is 2.68. The van der Waals surface area contributed by atoms with Gasteiger partial charge in [-0.05, 0) is 24.5 Å². The Morgan fingerprint density at radius 1 is 1.25 bits per heavy atom. The highest BCUT2D eigenvalue weighted by Gasteiger charge is 2.22. The molecule has 0 aromatic heterocycles. The van der Waals surface area contributed by atoms with Gasteiger partial charge in [0.2, 0.25) is 0 Å². The van der Waals surface area contributed by atoms with E-state index in [1.807, 2.05) is 36.9 Å². The number of hydrogen-bond acceptors (Lipinski definition) is 1. The van der Waals surface area contributed by atoms with Crippen molar-refractivity contribution in [3.8, 4) is 0 Å². The molecule has 2 rings (SSSR count). The molecule has 1 aliphatic heterocycles. The molecule has 0 saturated heterocycles. The molecule has 0 radical (unpaired) electrons. The van der Waals surface area contributed by atoms with E-state index in [9.17, 15) is 4.79 Å². The number of benzene rings is 1. The van der Waals surface area contributed by atoms with Crippen LogP contribution in [0, 0.1) is 0 Å². The standard InChI is InChI=1S/C12H15NO.C2H6/c1-2-8-13-9-7-10-5-3-4-6-11(10)12(13)14;1-2/h3-6H,2,7-9H2,1H3;1-2H3. The maximum atomic E-state index is 11.9. The van der Waals surface area contributed by atoms with E-state index in [4.69, 9.17) is 0 Å². The summed E-state index contributed by atoms with van der Waals surface area (Å²) in [5.74, 6) is 0.203. The van der Waals surface area contributed by atoms with Crippen molar-refractivity contribution in [2.24, 2.45) is 0 Å². The van der Waals surface area contributed by atoms with Crippen molar-refractivity contribution in [2.45, 2.75) is 33.6 Å². The molecular formula is C14H21NO. The molecule has 1 aromatic carbocycles. The molecule has 0 saturated carbocycles. The predicted molar refractivity (Wildman–Crippen MR) is 67.7 cm³/mol. The second-order valence-electron chi connectivity index (χ2n) is 3.70. The van der Waals surface area contributed by atoms with Crippen LogP contribution in [0.3, 0.4) is 0 Å². The molecule has 0 aliphatic carbocycles. The van der Waals surface area contributed by atoms with E-state index in [0.29, 0.717) is 0 Å². The Bertz CT molecular complexity index is 346. The Morgan fingerprint density at radius 2 is 1.94 bits per heavy atom. The predicted octanol–water partition coefficient (Wildman–Crippen LogP) is 3.12. The molecular weight excluding hydrogens is 198 g/mol. The fourth-order valence-corrected chi connectivity index (χ4v) is 1.96. The third-order valence-corrected chi connectivity index (χ3v) is 2.68. The minimum Gasteiger partial charge on any atom is -0.338 e. The summed E-state index contributed by atoms with van der Waals surface area (Å²) in [6.07, 6.45) is 2.04. The lowest BCUT2D eigenvalue weighted by Crippen LogP contribution is -2.37. The van der Waals surface area contributed by atoms with E-state index < -0.39 is 0 Å². The first-order chi connectivity index (χ1) is 7.83. The second kappa shape index (κ2) is 6.31. The fourth-order valence-electron chi connectivity index (χ4n) is 1.96. The zero-order chi connectivity index (χ0) is 12.0. The van der Waals surface area contributed by atoms with Gasteiger partial charge in [-0.25, -0.2) is 0 Å². The van der Waals surface area contributed by atoms with Gasteiger partial charge in [-0.3, -0.25) is 4.79 Å². The van der Waals surface area contributed by atoms with Gasteiger partial charge in [0.15, 0.2) is 0 Å². The minimum atomic E-state index is 0.203. The van der Waals surface area contributed by atoms with E-state index in [1.54, 1.807) is 0 Å². The van der Waals surface area contributed by atoms with Crippen molar-refractivity contribution in [3.63, 3.8) is 0 Å². The highest BCUT2D eigenvalue weighted by Crippen LogP contribution is 2.18. The summed E-state index contributed by atoms with van der Waals surface area (Å²) in [7, 11) is 0. The van der Waals surface area contributed by atoms with E-state index in [2.05, 4.69) is 13.0 Å². The molecule has 0 atom stereocenters. The van der Waals surface area contributed by atoms with Crippen LogP contribution in [-0.4, -0.2) is 23.9 Å². The highest BCUT2D eigenvalue weighted by atomic mass is 16.2. The molecule has 0 spiro atoms. The third kappa shape index (κ3) is 2.63. The summed E-state index contributed by atoms with van der Waals surface area (Å²) in [5.41, 5.74) is 2.09. The average molecular weight is 219 g/mol. The highest BCUT2D eigenvalue weighted by molar-refractivity contribution is 5.96. The SMILES string of the molecule is CC.CCCN1CCc2ccccc2C1=O. The van der Waals surface area contributed by atoms with Gasteiger partial charge < -0.3 is 4.90 Å². The van der Waals surface area contributed by atoms with Crippen molar-refractivity contribution in [3.05, 3.63) is 35.4 Å². The zero-order valence-corrected chi connectivity index (χ0v) is 10.5. The summed E-state index contributed by atoms with van der Waals surface area (Å²) in [6, 6.07) is 7.92. The van der Waals surface area contributed by atoms with Gasteiger partial charge >= 0.3 is 0 Å². The second-order valence-corrected chi connectivity index (χ2v) is 3.70. The van der Waals surface area contributed by atoms with Crippen molar-refractivity contribution < 1.29 is 4.79 Å². The molecule has 1 heterocycles. The summed E-state index contributed by atoms with van der Waals surface area (Å²) >= 11 is 0. The average Bonchev–Trinajstić information content (AvgIpc) is 2.36. The van der Waals surface area contributed by atoms with Crippen LogP contribution in [-0.2, 0) is 6.42 Å². The van der Waals surface area contributed by atoms with Crippen LogP contribution in [0.15, 0.2) is 24.3 Å². The summed E-state index contributed by atoms with van der Waals surface area (Å²) in [4.78, 5) is 13.9. The smallest absolute Gasteiger partial charge is 0.254 e. The van der Waals surface area contributed by atoms with Crippen molar-refractivity contribution in [2.75, 3.05) is 13.1 Å². The molecule has 0 fully saturated rings. The Hall–Kier alpha value is -1.31. The van der Waals surface area contributed by atoms with Crippen LogP contribution < -0.4 is 0 Å². The monoisotopic (exact) mass is 219 g/mol. The maximum Gasteiger partial charge on any atom is 0.254 e. The topological polar surface area (TPSA) is 20.3 Å². The van der Waals surface area contributed by atoms with E-state index >= 15 is 0 Å². The Balaban J connectivity index is 0.000000606. The molecule has 1 amide bonds. The Kier molecular flexibility index (Phi) is 5.03. The first-order valence-electron chi connectivity index (χ1n) is 6.20. The van der Waals surface area contributed by atoms with Crippen LogP contribution in [0.1, 0.15) is 43.1 Å². The van der Waals surface area contributed by atoms with Crippen LogP contribution in [0.2, 0.25) is 0 Å². The Labute approximate surface area is 98.3 Å². The number of hydrogen-bond donors (Lipinski definition) is 0. The first-order valence-corrected chi connectivity index (χ1v) is 6.20. The molecule has 16 heavy (non-hydrogen) atoms.